The molecule has 0 unspecified atom stereocenters. The molecule has 122 valence electrons. The quantitative estimate of drug-likeness (QED) is 0.799. The highest BCUT2D eigenvalue weighted by Crippen LogP contribution is 2.21. The Morgan fingerprint density at radius 3 is 2.13 bits per heavy atom. The molecule has 1 heterocycles. The van der Waals surface area contributed by atoms with E-state index >= 15 is 0 Å². The minimum Gasteiger partial charge on any atom is -0.320 e. The van der Waals surface area contributed by atoms with Crippen LogP contribution >= 0.6 is 0 Å². The Kier molecular flexibility index (Phi) is 5.91. The van der Waals surface area contributed by atoms with Crippen LogP contribution in [0.25, 0.3) is 0 Å². The lowest BCUT2D eigenvalue weighted by molar-refractivity contribution is -0.684. The van der Waals surface area contributed by atoms with Gasteiger partial charge in [-0.05, 0) is 49.3 Å². The lowest BCUT2D eigenvalue weighted by atomic mass is 9.95. The van der Waals surface area contributed by atoms with Crippen molar-refractivity contribution in [2.45, 2.75) is 53.0 Å². The van der Waals surface area contributed by atoms with Gasteiger partial charge in [0.25, 0.3) is 5.91 Å². The highest BCUT2D eigenvalue weighted by molar-refractivity contribution is 5.91. The predicted molar refractivity (Wildman–Crippen MR) is 94.5 cm³/mol. The van der Waals surface area contributed by atoms with Crippen LogP contribution in [-0.2, 0) is 11.3 Å². The number of carbonyl (C=O) groups is 1. The van der Waals surface area contributed by atoms with Gasteiger partial charge in [0.1, 0.15) is 0 Å². The molecule has 0 radical (unpaired) electrons. The van der Waals surface area contributed by atoms with Crippen molar-refractivity contribution in [1.29, 1.82) is 0 Å². The minimum atomic E-state index is 0.00248. The topological polar surface area (TPSA) is 33.0 Å². The number of rotatable bonds is 6. The molecule has 0 atom stereocenters. The number of amides is 1. The summed E-state index contributed by atoms with van der Waals surface area (Å²) in [6, 6.07) is 10.3. The van der Waals surface area contributed by atoms with E-state index in [-0.39, 0.29) is 5.91 Å². The highest BCUT2D eigenvalue weighted by atomic mass is 16.1. The molecule has 1 aromatic carbocycles. The van der Waals surface area contributed by atoms with Gasteiger partial charge in [-0.15, -0.1) is 0 Å². The molecule has 0 fully saturated rings. The van der Waals surface area contributed by atoms with E-state index in [1.165, 1.54) is 5.56 Å². The number of nitrogens with one attached hydrogen (secondary N) is 1. The third-order valence-electron chi connectivity index (χ3n) is 4.45. The van der Waals surface area contributed by atoms with E-state index in [1.54, 1.807) is 0 Å². The van der Waals surface area contributed by atoms with Crippen LogP contribution < -0.4 is 9.88 Å². The van der Waals surface area contributed by atoms with Gasteiger partial charge in [0.15, 0.2) is 12.4 Å². The highest BCUT2D eigenvalue weighted by Gasteiger charge is 2.13. The Hall–Kier alpha value is -2.16. The van der Waals surface area contributed by atoms with Crippen LogP contribution in [0.1, 0.15) is 49.3 Å². The van der Waals surface area contributed by atoms with Crippen molar-refractivity contribution in [2.75, 3.05) is 5.32 Å². The van der Waals surface area contributed by atoms with Crippen molar-refractivity contribution in [3.63, 3.8) is 0 Å². The number of anilines is 1. The van der Waals surface area contributed by atoms with E-state index in [2.05, 4.69) is 31.3 Å². The van der Waals surface area contributed by atoms with Crippen LogP contribution in [0.4, 0.5) is 5.69 Å². The SMILES string of the molecule is CCC(CC)c1cc[n+](CC(=O)Nc2c(C)cccc2C)cc1. The second kappa shape index (κ2) is 7.91. The Labute approximate surface area is 139 Å². The van der Waals surface area contributed by atoms with E-state index in [0.717, 1.165) is 29.7 Å². The molecule has 0 spiro atoms. The zero-order chi connectivity index (χ0) is 16.8. The van der Waals surface area contributed by atoms with E-state index in [0.29, 0.717) is 12.5 Å². The summed E-state index contributed by atoms with van der Waals surface area (Å²) in [5.41, 5.74) is 4.45. The standard InChI is InChI=1S/C20H26N2O/c1-5-17(6-2)18-10-12-22(13-11-18)14-19(23)21-20-15(3)8-7-9-16(20)4/h7-13,17H,5-6,14H2,1-4H3/p+1. The Morgan fingerprint density at radius 2 is 1.61 bits per heavy atom. The molecule has 2 rings (SSSR count). The second-order valence-corrected chi connectivity index (χ2v) is 6.13. The molecule has 0 saturated heterocycles. The fourth-order valence-electron chi connectivity index (χ4n) is 2.96. The summed E-state index contributed by atoms with van der Waals surface area (Å²) in [4.78, 5) is 12.3. The first-order valence-corrected chi connectivity index (χ1v) is 8.40. The van der Waals surface area contributed by atoms with Gasteiger partial charge in [0.05, 0.1) is 0 Å². The van der Waals surface area contributed by atoms with Gasteiger partial charge < -0.3 is 5.32 Å². The number of pyridine rings is 1. The molecule has 0 aliphatic rings. The maximum Gasteiger partial charge on any atom is 0.290 e. The average Bonchev–Trinajstić information content (AvgIpc) is 2.54. The summed E-state index contributed by atoms with van der Waals surface area (Å²) in [5.74, 6) is 0.607. The first-order chi connectivity index (χ1) is 11.0. The van der Waals surface area contributed by atoms with Crippen molar-refractivity contribution >= 4 is 11.6 Å². The lowest BCUT2D eigenvalue weighted by Gasteiger charge is -2.12. The van der Waals surface area contributed by atoms with Gasteiger partial charge >= 0.3 is 0 Å². The smallest absolute Gasteiger partial charge is 0.290 e. The molecule has 0 bridgehead atoms. The number of hydrogen-bond donors (Lipinski definition) is 1. The Morgan fingerprint density at radius 1 is 1.04 bits per heavy atom. The Bertz CT molecular complexity index is 638. The minimum absolute atomic E-state index is 0.00248. The predicted octanol–water partition coefficient (Wildman–Crippen LogP) is 4.13. The van der Waals surface area contributed by atoms with E-state index in [4.69, 9.17) is 0 Å². The average molecular weight is 311 g/mol. The molecular formula is C20H27N2O+. The molecular weight excluding hydrogens is 284 g/mol. The van der Waals surface area contributed by atoms with Crippen molar-refractivity contribution in [3.8, 4) is 0 Å². The summed E-state index contributed by atoms with van der Waals surface area (Å²) in [5, 5.41) is 3.03. The van der Waals surface area contributed by atoms with Gasteiger partial charge in [-0.25, -0.2) is 0 Å². The zero-order valence-electron chi connectivity index (χ0n) is 14.6. The van der Waals surface area contributed by atoms with Gasteiger partial charge in [0.2, 0.25) is 6.54 Å². The van der Waals surface area contributed by atoms with E-state index in [9.17, 15) is 4.79 Å². The number of aryl methyl sites for hydroxylation is 2. The number of hydrogen-bond acceptors (Lipinski definition) is 1. The Balaban J connectivity index is 2.03. The number of aromatic nitrogens is 1. The summed E-state index contributed by atoms with van der Waals surface area (Å²) >= 11 is 0. The van der Waals surface area contributed by atoms with Crippen molar-refractivity contribution in [3.05, 3.63) is 59.4 Å². The molecule has 0 saturated carbocycles. The maximum absolute atomic E-state index is 12.3. The van der Waals surface area contributed by atoms with E-state index in [1.807, 2.05) is 49.0 Å². The molecule has 1 N–H and O–H groups in total. The van der Waals surface area contributed by atoms with E-state index < -0.39 is 0 Å². The summed E-state index contributed by atoms with van der Waals surface area (Å²) < 4.78 is 1.93. The van der Waals surface area contributed by atoms with Gasteiger partial charge in [-0.1, -0.05) is 32.0 Å². The maximum atomic E-state index is 12.3. The lowest BCUT2D eigenvalue weighted by Crippen LogP contribution is -2.39. The monoisotopic (exact) mass is 311 g/mol. The molecule has 3 nitrogen and oxygen atoms in total. The fraction of sp³-hybridized carbons (Fsp3) is 0.400. The van der Waals surface area contributed by atoms with Crippen LogP contribution in [0.5, 0.6) is 0 Å². The summed E-state index contributed by atoms with van der Waals surface area (Å²) in [7, 11) is 0. The number of para-hydroxylation sites is 1. The molecule has 1 amide bonds. The van der Waals surface area contributed by atoms with Crippen LogP contribution in [0.15, 0.2) is 42.7 Å². The third-order valence-corrected chi connectivity index (χ3v) is 4.45. The van der Waals surface area contributed by atoms with Crippen molar-refractivity contribution < 1.29 is 9.36 Å². The number of nitrogens with zero attached hydrogens (tertiary/aromatic N) is 1. The largest absolute Gasteiger partial charge is 0.320 e. The number of benzene rings is 1. The first kappa shape index (κ1) is 17.2. The van der Waals surface area contributed by atoms with Gasteiger partial charge in [-0.2, -0.15) is 4.57 Å². The van der Waals surface area contributed by atoms with Crippen LogP contribution in [0.2, 0.25) is 0 Å². The zero-order valence-corrected chi connectivity index (χ0v) is 14.6. The van der Waals surface area contributed by atoms with Crippen LogP contribution in [0.3, 0.4) is 0 Å². The first-order valence-electron chi connectivity index (χ1n) is 8.40. The summed E-state index contributed by atoms with van der Waals surface area (Å²) in [6.07, 6.45) is 6.29. The van der Waals surface area contributed by atoms with Crippen molar-refractivity contribution in [1.82, 2.24) is 0 Å². The molecule has 3 heteroatoms. The third kappa shape index (κ3) is 4.41. The molecule has 23 heavy (non-hydrogen) atoms. The molecule has 0 aliphatic heterocycles. The fourth-order valence-corrected chi connectivity index (χ4v) is 2.96. The van der Waals surface area contributed by atoms with Crippen molar-refractivity contribution in [2.24, 2.45) is 0 Å². The van der Waals surface area contributed by atoms with Gasteiger partial charge in [-0.3, -0.25) is 4.79 Å². The molecule has 2 aromatic rings. The molecule has 1 aromatic heterocycles. The molecule has 0 aliphatic carbocycles. The van der Waals surface area contributed by atoms with Crippen LogP contribution in [-0.4, -0.2) is 5.91 Å². The summed E-state index contributed by atoms with van der Waals surface area (Å²) in [6.45, 7) is 8.79. The van der Waals surface area contributed by atoms with Gasteiger partial charge in [0, 0.05) is 17.8 Å². The normalized spacial score (nSPS) is 10.8. The van der Waals surface area contributed by atoms with Crippen LogP contribution in [0, 0.1) is 13.8 Å². The number of carbonyl (C=O) groups excluding carboxylic acids is 1. The second-order valence-electron chi connectivity index (χ2n) is 6.13.